The van der Waals surface area contributed by atoms with Crippen molar-refractivity contribution in [2.24, 2.45) is 0 Å². The minimum Gasteiger partial charge on any atom is -0.462 e. The van der Waals surface area contributed by atoms with Crippen molar-refractivity contribution in [2.45, 2.75) is 290 Å². The number of esters is 3. The molecule has 0 unspecified atom stereocenters. The van der Waals surface area contributed by atoms with Crippen molar-refractivity contribution in [1.29, 1.82) is 0 Å². The molecule has 0 aromatic carbocycles. The van der Waals surface area contributed by atoms with Crippen LogP contribution >= 0.6 is 0 Å². The SMILES string of the molecule is CC/C=C\C/C=C\C/C=C\C/C=C\C/C=C\CCCC(=O)OC[C@H](COC(=O)CCCCCCCCCCCCC/C=C\CCCCCCCC)OC(=O)CCCCCCCCCCCCCC. The van der Waals surface area contributed by atoms with Crippen LogP contribution in [0.2, 0.25) is 0 Å². The first kappa shape index (κ1) is 64.8. The van der Waals surface area contributed by atoms with Gasteiger partial charge in [0.05, 0.1) is 0 Å². The summed E-state index contributed by atoms with van der Waals surface area (Å²) in [5.41, 5.74) is 0. The fourth-order valence-electron chi connectivity index (χ4n) is 8.12. The predicted octanol–water partition coefficient (Wildman–Crippen LogP) is 19.4. The van der Waals surface area contributed by atoms with E-state index >= 15 is 0 Å². The third-order valence-corrected chi connectivity index (χ3v) is 12.4. The van der Waals surface area contributed by atoms with Gasteiger partial charge in [-0.15, -0.1) is 0 Å². The van der Waals surface area contributed by atoms with Crippen molar-refractivity contribution in [3.05, 3.63) is 72.9 Å². The second kappa shape index (κ2) is 56.4. The van der Waals surface area contributed by atoms with Gasteiger partial charge in [0.1, 0.15) is 13.2 Å². The highest BCUT2D eigenvalue weighted by Crippen LogP contribution is 2.16. The fourth-order valence-corrected chi connectivity index (χ4v) is 8.12. The Balaban J connectivity index is 4.37. The smallest absolute Gasteiger partial charge is 0.306 e. The highest BCUT2D eigenvalue weighted by atomic mass is 16.6. The van der Waals surface area contributed by atoms with E-state index in [9.17, 15) is 14.4 Å². The number of carbonyl (C=O) groups excluding carboxylic acids is 3. The molecule has 0 radical (unpaired) electrons. The molecule has 0 saturated heterocycles. The molecule has 0 aromatic rings. The van der Waals surface area contributed by atoms with E-state index in [2.05, 4.69) is 93.7 Å². The van der Waals surface area contributed by atoms with Gasteiger partial charge in [0.25, 0.3) is 0 Å². The molecular weight excluding hydrogens is 841 g/mol. The number of allylic oxidation sites excluding steroid dienone is 12. The van der Waals surface area contributed by atoms with Gasteiger partial charge in [-0.25, -0.2) is 0 Å². The molecule has 0 aliphatic heterocycles. The van der Waals surface area contributed by atoms with Gasteiger partial charge in [-0.2, -0.15) is 0 Å². The van der Waals surface area contributed by atoms with Crippen LogP contribution < -0.4 is 0 Å². The van der Waals surface area contributed by atoms with E-state index in [1.165, 1.54) is 161 Å². The van der Waals surface area contributed by atoms with E-state index in [-0.39, 0.29) is 37.5 Å². The largest absolute Gasteiger partial charge is 0.462 e. The molecule has 0 spiro atoms. The lowest BCUT2D eigenvalue weighted by Crippen LogP contribution is -2.30. The normalized spacial score (nSPS) is 12.6. The first-order valence-corrected chi connectivity index (χ1v) is 28.9. The van der Waals surface area contributed by atoms with Gasteiger partial charge in [0.15, 0.2) is 6.10 Å². The number of ether oxygens (including phenoxy) is 3. The number of unbranched alkanes of at least 4 members (excludes halogenated alkanes) is 29. The second-order valence-corrected chi connectivity index (χ2v) is 19.2. The van der Waals surface area contributed by atoms with Gasteiger partial charge in [-0.1, -0.05) is 254 Å². The van der Waals surface area contributed by atoms with Crippen LogP contribution in [-0.2, 0) is 28.6 Å². The molecule has 6 nitrogen and oxygen atoms in total. The molecule has 0 bridgehead atoms. The Morgan fingerprint density at radius 2 is 0.588 bits per heavy atom. The van der Waals surface area contributed by atoms with E-state index < -0.39 is 6.10 Å². The highest BCUT2D eigenvalue weighted by Gasteiger charge is 2.19. The van der Waals surface area contributed by atoms with E-state index in [1.54, 1.807) is 0 Å². The Labute approximate surface area is 421 Å². The van der Waals surface area contributed by atoms with Crippen LogP contribution in [0.25, 0.3) is 0 Å². The Hall–Kier alpha value is -3.15. The van der Waals surface area contributed by atoms with Gasteiger partial charge in [-0.3, -0.25) is 14.4 Å². The molecule has 1 atom stereocenters. The number of hydrogen-bond donors (Lipinski definition) is 0. The fraction of sp³-hybridized carbons (Fsp3) is 0.758. The monoisotopic (exact) mass is 949 g/mol. The summed E-state index contributed by atoms with van der Waals surface area (Å²) in [7, 11) is 0. The van der Waals surface area contributed by atoms with Crippen molar-refractivity contribution < 1.29 is 28.6 Å². The lowest BCUT2D eigenvalue weighted by atomic mass is 10.0. The molecular formula is C62H108O6. The zero-order valence-corrected chi connectivity index (χ0v) is 44.9. The molecule has 68 heavy (non-hydrogen) atoms. The molecule has 0 amide bonds. The standard InChI is InChI=1S/C62H108O6/c1-4-7-10-13-16-19-22-25-27-29-30-31-32-34-36-38-41-43-46-49-52-55-61(64)67-58-59(68-62(65)56-53-50-47-44-39-24-21-18-15-12-9-6-3)57-66-60(63)54-51-48-45-42-40-37-35-33-28-26-23-20-17-14-11-8-5-2/h8,11,17,20,25-28,35,37,42,45,59H,4-7,9-10,12-16,18-19,21-24,29-34,36,38-41,43-44,46-58H2,1-3H3/b11-8-,20-17-,27-25-,28-26-,37-35-,45-42-/t59-/m1/s1. The molecule has 0 N–H and O–H groups in total. The summed E-state index contributed by atoms with van der Waals surface area (Å²) < 4.78 is 16.8. The Bertz CT molecular complexity index is 1270. The van der Waals surface area contributed by atoms with E-state index in [0.29, 0.717) is 19.3 Å². The Morgan fingerprint density at radius 1 is 0.309 bits per heavy atom. The van der Waals surface area contributed by atoms with E-state index in [4.69, 9.17) is 14.2 Å². The van der Waals surface area contributed by atoms with Crippen LogP contribution in [0.4, 0.5) is 0 Å². The highest BCUT2D eigenvalue weighted by molar-refractivity contribution is 5.71. The summed E-state index contributed by atoms with van der Waals surface area (Å²) in [5, 5.41) is 0. The van der Waals surface area contributed by atoms with Gasteiger partial charge in [0.2, 0.25) is 0 Å². The molecule has 0 aromatic heterocycles. The number of carbonyl (C=O) groups is 3. The first-order valence-electron chi connectivity index (χ1n) is 28.9. The van der Waals surface area contributed by atoms with Gasteiger partial charge < -0.3 is 14.2 Å². The summed E-state index contributed by atoms with van der Waals surface area (Å²) >= 11 is 0. The lowest BCUT2D eigenvalue weighted by molar-refractivity contribution is -0.167. The zero-order chi connectivity index (χ0) is 49.3. The molecule has 0 saturated carbocycles. The van der Waals surface area contributed by atoms with E-state index in [1.807, 2.05) is 0 Å². The van der Waals surface area contributed by atoms with Crippen LogP contribution in [0.1, 0.15) is 284 Å². The van der Waals surface area contributed by atoms with Crippen LogP contribution in [0.5, 0.6) is 0 Å². The van der Waals surface area contributed by atoms with Crippen molar-refractivity contribution in [3.63, 3.8) is 0 Å². The summed E-state index contributed by atoms with van der Waals surface area (Å²) in [6.45, 7) is 6.49. The van der Waals surface area contributed by atoms with Crippen molar-refractivity contribution in [1.82, 2.24) is 0 Å². The van der Waals surface area contributed by atoms with Crippen molar-refractivity contribution >= 4 is 17.9 Å². The zero-order valence-electron chi connectivity index (χ0n) is 44.9. The van der Waals surface area contributed by atoms with Crippen LogP contribution in [-0.4, -0.2) is 37.2 Å². The Morgan fingerprint density at radius 3 is 0.971 bits per heavy atom. The second-order valence-electron chi connectivity index (χ2n) is 19.2. The minimum absolute atomic E-state index is 0.0910. The van der Waals surface area contributed by atoms with Gasteiger partial charge in [0, 0.05) is 19.3 Å². The first-order chi connectivity index (χ1) is 33.5. The minimum atomic E-state index is -0.796. The molecule has 0 aliphatic rings. The van der Waals surface area contributed by atoms with Gasteiger partial charge >= 0.3 is 17.9 Å². The predicted molar refractivity (Wildman–Crippen MR) is 293 cm³/mol. The van der Waals surface area contributed by atoms with Crippen molar-refractivity contribution in [2.75, 3.05) is 13.2 Å². The van der Waals surface area contributed by atoms with Crippen LogP contribution in [0.3, 0.4) is 0 Å². The summed E-state index contributed by atoms with van der Waals surface area (Å²) in [5.74, 6) is -0.944. The maximum absolute atomic E-state index is 12.8. The van der Waals surface area contributed by atoms with Crippen LogP contribution in [0, 0.1) is 0 Å². The Kier molecular flexibility index (Phi) is 53.8. The van der Waals surface area contributed by atoms with Crippen molar-refractivity contribution in [3.8, 4) is 0 Å². The summed E-state index contributed by atoms with van der Waals surface area (Å²) in [6, 6.07) is 0. The average molecular weight is 950 g/mol. The molecule has 0 heterocycles. The molecule has 0 rings (SSSR count). The lowest BCUT2D eigenvalue weighted by Gasteiger charge is -2.18. The van der Waals surface area contributed by atoms with Gasteiger partial charge in [-0.05, 0) is 83.5 Å². The number of rotatable bonds is 52. The quantitative estimate of drug-likeness (QED) is 0.0262. The van der Waals surface area contributed by atoms with Crippen LogP contribution in [0.15, 0.2) is 72.9 Å². The molecule has 392 valence electrons. The topological polar surface area (TPSA) is 78.9 Å². The third kappa shape index (κ3) is 53.8. The maximum Gasteiger partial charge on any atom is 0.306 e. The average Bonchev–Trinajstić information content (AvgIpc) is 3.34. The molecule has 0 fully saturated rings. The maximum atomic E-state index is 12.8. The molecule has 6 heteroatoms. The molecule has 0 aliphatic carbocycles. The summed E-state index contributed by atoms with van der Waals surface area (Å²) in [4.78, 5) is 38.1. The number of hydrogen-bond acceptors (Lipinski definition) is 6. The summed E-state index contributed by atoms with van der Waals surface area (Å²) in [6.07, 6.45) is 71.9. The van der Waals surface area contributed by atoms with E-state index in [0.717, 1.165) is 77.0 Å². The third-order valence-electron chi connectivity index (χ3n) is 12.4.